The van der Waals surface area contributed by atoms with Crippen LogP contribution in [-0.2, 0) is 10.0 Å². The molecule has 0 radical (unpaired) electrons. The van der Waals surface area contributed by atoms with Gasteiger partial charge >= 0.3 is 6.03 Å². The number of carbonyl (C=O) groups is 1. The molecule has 2 amide bonds. The van der Waals surface area contributed by atoms with E-state index in [9.17, 15) is 26.4 Å². The summed E-state index contributed by atoms with van der Waals surface area (Å²) < 4.78 is 83.2. The molecule has 3 aliphatic carbocycles. The number of carbonyl (C=O) groups excluding carboxylic acids is 1. The molecule has 1 heterocycles. The topological polar surface area (TPSA) is 78.5 Å². The Bertz CT molecular complexity index is 893. The Balaban J connectivity index is 1.57. The third-order valence-electron chi connectivity index (χ3n) is 9.28. The molecule has 1 aliphatic heterocycles. The third-order valence-corrected chi connectivity index (χ3v) is 10.2. The molecule has 208 valence electrons. The maximum atomic E-state index is 16.0. The van der Waals surface area contributed by atoms with Gasteiger partial charge < -0.3 is 10.2 Å². The molecule has 1 saturated heterocycles. The van der Waals surface area contributed by atoms with Crippen LogP contribution in [0.5, 0.6) is 0 Å². The number of halogens is 4. The number of rotatable bonds is 8. The van der Waals surface area contributed by atoms with Crippen LogP contribution < -0.4 is 10.0 Å². The molecule has 3 saturated carbocycles. The molecular weight excluding hydrogens is 498 g/mol. The number of amides is 2. The highest BCUT2D eigenvalue weighted by molar-refractivity contribution is 7.89. The van der Waals surface area contributed by atoms with E-state index >= 15 is 4.39 Å². The fraction of sp³-hybridized carbons (Fsp3) is 0.960. The van der Waals surface area contributed by atoms with Crippen molar-refractivity contribution in [1.29, 1.82) is 0 Å². The summed E-state index contributed by atoms with van der Waals surface area (Å²) in [5.41, 5.74) is -2.35. The van der Waals surface area contributed by atoms with Crippen molar-refractivity contribution in [3.8, 4) is 0 Å². The van der Waals surface area contributed by atoms with Crippen LogP contribution in [0.25, 0.3) is 0 Å². The fourth-order valence-corrected chi connectivity index (χ4v) is 7.85. The predicted molar refractivity (Wildman–Crippen MR) is 130 cm³/mol. The zero-order valence-corrected chi connectivity index (χ0v) is 22.1. The van der Waals surface area contributed by atoms with Crippen molar-refractivity contribution >= 4 is 16.1 Å². The van der Waals surface area contributed by atoms with E-state index in [0.717, 1.165) is 38.5 Å². The molecule has 6 nitrogen and oxygen atoms in total. The number of nitrogens with zero attached hydrogens (tertiary/aromatic N) is 1. The van der Waals surface area contributed by atoms with Gasteiger partial charge in [0.05, 0.1) is 11.6 Å². The molecule has 3 unspecified atom stereocenters. The van der Waals surface area contributed by atoms with Crippen molar-refractivity contribution in [3.05, 3.63) is 0 Å². The standard InChI is InChI=1S/C25H41F4N3O3S/c1-24(2,22(28)29)30-23(33)32-14-25(11-12-25)21(31-36(34,35)15-26)19(32)13-17-9-6-10-18(20(17)27)16-7-4-3-5-8-16/h16-22,31H,3-15H2,1-2H3,(H,30,33)/t17?,18?,19-,20?,21+/m0/s1. The van der Waals surface area contributed by atoms with E-state index in [1.54, 1.807) is 0 Å². The SMILES string of the molecule is CC(C)(NC(=O)N1CC2(CC2)[C@H](NS(=O)(=O)CF)[C@@H]1CC1CCCC(C2CCCCC2)C1F)C(F)F. The minimum absolute atomic E-state index is 0.0404. The normalized spacial score (nSPS) is 33.3. The first kappa shape index (κ1) is 27.9. The smallest absolute Gasteiger partial charge is 0.318 e. The highest BCUT2D eigenvalue weighted by Gasteiger charge is 2.62. The zero-order valence-electron chi connectivity index (χ0n) is 21.3. The van der Waals surface area contributed by atoms with Crippen LogP contribution in [0.4, 0.5) is 22.4 Å². The van der Waals surface area contributed by atoms with Crippen LogP contribution in [0.2, 0.25) is 0 Å². The van der Waals surface area contributed by atoms with Gasteiger partial charge in [-0.05, 0) is 63.7 Å². The van der Waals surface area contributed by atoms with Gasteiger partial charge in [-0.3, -0.25) is 0 Å². The summed E-state index contributed by atoms with van der Waals surface area (Å²) in [4.78, 5) is 14.7. The lowest BCUT2D eigenvalue weighted by atomic mass is 9.68. The van der Waals surface area contributed by atoms with E-state index in [2.05, 4.69) is 10.0 Å². The van der Waals surface area contributed by atoms with E-state index in [1.165, 1.54) is 25.2 Å². The molecule has 5 atom stereocenters. The number of sulfonamides is 1. The number of urea groups is 1. The van der Waals surface area contributed by atoms with E-state index in [1.807, 2.05) is 0 Å². The first-order chi connectivity index (χ1) is 16.9. The van der Waals surface area contributed by atoms with Crippen LogP contribution in [0, 0.1) is 23.2 Å². The van der Waals surface area contributed by atoms with Gasteiger partial charge in [0.1, 0.15) is 6.17 Å². The predicted octanol–water partition coefficient (Wildman–Crippen LogP) is 5.14. The summed E-state index contributed by atoms with van der Waals surface area (Å²) in [6, 6.07) is -3.79. The lowest BCUT2D eigenvalue weighted by Crippen LogP contribution is -2.57. The van der Waals surface area contributed by atoms with Gasteiger partial charge in [-0.2, -0.15) is 0 Å². The van der Waals surface area contributed by atoms with Gasteiger partial charge in [0.2, 0.25) is 16.0 Å². The Labute approximate surface area is 212 Å². The van der Waals surface area contributed by atoms with E-state index in [-0.39, 0.29) is 24.8 Å². The summed E-state index contributed by atoms with van der Waals surface area (Å²) in [5.74, 6) is -0.0521. The Kier molecular flexibility index (Phi) is 8.20. The maximum absolute atomic E-state index is 16.0. The minimum atomic E-state index is -4.24. The molecule has 0 aromatic heterocycles. The van der Waals surface area contributed by atoms with Crippen LogP contribution in [0.3, 0.4) is 0 Å². The zero-order chi connectivity index (χ0) is 26.3. The van der Waals surface area contributed by atoms with Crippen molar-refractivity contribution in [3.63, 3.8) is 0 Å². The molecule has 1 spiro atoms. The summed E-state index contributed by atoms with van der Waals surface area (Å²) in [5, 5.41) is 2.39. The van der Waals surface area contributed by atoms with Crippen molar-refractivity contribution in [1.82, 2.24) is 14.9 Å². The van der Waals surface area contributed by atoms with Crippen LogP contribution in [-0.4, -0.2) is 62.1 Å². The maximum Gasteiger partial charge on any atom is 0.318 e. The van der Waals surface area contributed by atoms with Crippen molar-refractivity contribution < 1.29 is 30.8 Å². The second-order valence-corrected chi connectivity index (χ2v) is 13.9. The van der Waals surface area contributed by atoms with Crippen molar-refractivity contribution in [2.75, 3.05) is 12.6 Å². The highest BCUT2D eigenvalue weighted by atomic mass is 32.2. The Morgan fingerprint density at radius 2 is 1.75 bits per heavy atom. The number of alkyl halides is 4. The average molecular weight is 540 g/mol. The van der Waals surface area contributed by atoms with Crippen LogP contribution in [0.15, 0.2) is 0 Å². The third kappa shape index (κ3) is 5.81. The number of nitrogens with one attached hydrogen (secondary N) is 2. The van der Waals surface area contributed by atoms with E-state index in [0.29, 0.717) is 25.2 Å². The fourth-order valence-electron chi connectivity index (χ4n) is 6.99. The molecule has 4 rings (SSSR count). The quantitative estimate of drug-likeness (QED) is 0.419. The van der Waals surface area contributed by atoms with Gasteiger partial charge in [0, 0.05) is 18.0 Å². The van der Waals surface area contributed by atoms with E-state index < -0.39 is 57.7 Å². The summed E-state index contributed by atoms with van der Waals surface area (Å²) in [7, 11) is -4.24. The Hall–Kier alpha value is -1.10. The number of hydrogen-bond donors (Lipinski definition) is 2. The molecule has 4 fully saturated rings. The van der Waals surface area contributed by atoms with Crippen LogP contribution >= 0.6 is 0 Å². The summed E-state index contributed by atoms with van der Waals surface area (Å²) in [6.07, 6.45) is 5.46. The van der Waals surface area contributed by atoms with Gasteiger partial charge in [-0.15, -0.1) is 0 Å². The summed E-state index contributed by atoms with van der Waals surface area (Å²) in [6.45, 7) is 2.63. The largest absolute Gasteiger partial charge is 0.327 e. The molecule has 0 aromatic carbocycles. The lowest BCUT2D eigenvalue weighted by molar-refractivity contribution is 0.0298. The molecule has 11 heteroatoms. The van der Waals surface area contributed by atoms with Gasteiger partial charge in [0.15, 0.2) is 0 Å². The first-order valence-electron chi connectivity index (χ1n) is 13.5. The van der Waals surface area contributed by atoms with Gasteiger partial charge in [-0.1, -0.05) is 38.5 Å². The molecule has 36 heavy (non-hydrogen) atoms. The monoisotopic (exact) mass is 539 g/mol. The minimum Gasteiger partial charge on any atom is -0.327 e. The Morgan fingerprint density at radius 1 is 1.08 bits per heavy atom. The van der Waals surface area contributed by atoms with Crippen molar-refractivity contribution in [2.45, 2.75) is 115 Å². The molecule has 0 bridgehead atoms. The Morgan fingerprint density at radius 3 is 2.33 bits per heavy atom. The molecule has 2 N–H and O–H groups in total. The van der Waals surface area contributed by atoms with Crippen LogP contribution in [0.1, 0.15) is 84.5 Å². The number of likely N-dealkylation sites (tertiary alicyclic amines) is 1. The van der Waals surface area contributed by atoms with Gasteiger partial charge in [0.25, 0.3) is 6.43 Å². The average Bonchev–Trinajstić information content (AvgIpc) is 3.55. The second kappa shape index (κ2) is 10.6. The van der Waals surface area contributed by atoms with Crippen molar-refractivity contribution in [2.24, 2.45) is 23.2 Å². The molecular formula is C25H41F4N3O3S. The highest BCUT2D eigenvalue weighted by Crippen LogP contribution is 2.56. The lowest BCUT2D eigenvalue weighted by Gasteiger charge is -2.42. The second-order valence-electron chi connectivity index (χ2n) is 12.3. The molecule has 4 aliphatic rings. The first-order valence-corrected chi connectivity index (χ1v) is 15.1. The number of hydrogen-bond acceptors (Lipinski definition) is 3. The van der Waals surface area contributed by atoms with Gasteiger partial charge in [-0.25, -0.2) is 35.5 Å². The molecule has 0 aromatic rings. The van der Waals surface area contributed by atoms with E-state index in [4.69, 9.17) is 0 Å². The summed E-state index contributed by atoms with van der Waals surface area (Å²) >= 11 is 0.